The molecule has 1 heterocycles. The molecule has 0 saturated heterocycles. The van der Waals surface area contributed by atoms with Gasteiger partial charge in [-0.2, -0.15) is 0 Å². The third-order valence-corrected chi connectivity index (χ3v) is 4.97. The minimum atomic E-state index is -0.891. The third-order valence-electron chi connectivity index (χ3n) is 4.97. The molecule has 162 valence electrons. The van der Waals surface area contributed by atoms with Gasteiger partial charge in [0.05, 0.1) is 10.3 Å². The molecular formula is C23H17F2N3O4. The lowest BCUT2D eigenvalue weighted by atomic mass is 10.1. The van der Waals surface area contributed by atoms with Gasteiger partial charge in [-0.25, -0.2) is 8.78 Å². The van der Waals surface area contributed by atoms with Crippen LogP contribution >= 0.6 is 0 Å². The number of rotatable bonds is 6. The number of fused-ring (bicyclic) bond motifs is 1. The van der Waals surface area contributed by atoms with Gasteiger partial charge in [-0.1, -0.05) is 30.3 Å². The number of hydrogen-bond acceptors (Lipinski definition) is 6. The van der Waals surface area contributed by atoms with Gasteiger partial charge >= 0.3 is 5.69 Å². The quantitative estimate of drug-likeness (QED) is 0.253. The number of nitrogens with two attached hydrogens (primary N) is 1. The first-order valence-electron chi connectivity index (χ1n) is 9.63. The van der Waals surface area contributed by atoms with Gasteiger partial charge in [-0.15, -0.1) is 0 Å². The highest BCUT2D eigenvalue weighted by atomic mass is 19.1. The number of halogens is 2. The van der Waals surface area contributed by atoms with Gasteiger partial charge in [-0.3, -0.25) is 14.9 Å². The van der Waals surface area contributed by atoms with Gasteiger partial charge in [-0.05, 0) is 36.2 Å². The molecule has 0 fully saturated rings. The van der Waals surface area contributed by atoms with Crippen LogP contribution in [0.2, 0.25) is 0 Å². The van der Waals surface area contributed by atoms with Crippen LogP contribution < -0.4 is 16.5 Å². The minimum Gasteiger partial charge on any atom is -0.448 e. The summed E-state index contributed by atoms with van der Waals surface area (Å²) in [6.45, 7) is 0.299. The van der Waals surface area contributed by atoms with Gasteiger partial charge in [0.25, 0.3) is 0 Å². The van der Waals surface area contributed by atoms with E-state index in [2.05, 4.69) is 5.32 Å². The molecule has 0 amide bonds. The Labute approximate surface area is 180 Å². The van der Waals surface area contributed by atoms with Gasteiger partial charge in [0.15, 0.2) is 5.43 Å². The molecule has 0 radical (unpaired) electrons. The van der Waals surface area contributed by atoms with E-state index in [9.17, 15) is 23.7 Å². The van der Waals surface area contributed by atoms with Crippen molar-refractivity contribution >= 4 is 28.0 Å². The van der Waals surface area contributed by atoms with E-state index in [0.29, 0.717) is 13.0 Å². The first kappa shape index (κ1) is 21.0. The highest BCUT2D eigenvalue weighted by Crippen LogP contribution is 2.34. The first-order chi connectivity index (χ1) is 15.3. The second-order valence-corrected chi connectivity index (χ2v) is 7.09. The molecule has 4 rings (SSSR count). The summed E-state index contributed by atoms with van der Waals surface area (Å²) < 4.78 is 34.8. The van der Waals surface area contributed by atoms with Crippen LogP contribution in [0.1, 0.15) is 5.56 Å². The molecule has 3 aromatic carbocycles. The standard InChI is InChI=1S/C23H17F2N3O4/c24-16-10-14(11-17(25)21(16)27-9-8-13-4-2-1-3-5-13)20-12-19(29)15-6-7-18(26)22(28(30)31)23(15)32-20/h1-7,10-12,27H,8-9,26H2. The lowest BCUT2D eigenvalue weighted by molar-refractivity contribution is -0.382. The molecule has 32 heavy (non-hydrogen) atoms. The van der Waals surface area contributed by atoms with Crippen LogP contribution in [0.15, 0.2) is 69.9 Å². The van der Waals surface area contributed by atoms with E-state index in [4.69, 9.17) is 10.2 Å². The molecule has 0 aliphatic carbocycles. The number of benzene rings is 3. The van der Waals surface area contributed by atoms with Crippen molar-refractivity contribution in [2.24, 2.45) is 0 Å². The number of nitro benzene ring substituents is 1. The maximum atomic E-state index is 14.7. The van der Waals surface area contributed by atoms with Gasteiger partial charge in [0, 0.05) is 18.2 Å². The van der Waals surface area contributed by atoms with E-state index < -0.39 is 27.7 Å². The second-order valence-electron chi connectivity index (χ2n) is 7.09. The van der Waals surface area contributed by atoms with Crippen molar-refractivity contribution in [3.8, 4) is 11.3 Å². The normalized spacial score (nSPS) is 10.9. The fourth-order valence-corrected chi connectivity index (χ4v) is 3.41. The van der Waals surface area contributed by atoms with Crippen LogP contribution in [0.4, 0.5) is 25.8 Å². The summed E-state index contributed by atoms with van der Waals surface area (Å²) in [5, 5.41) is 14.1. The average Bonchev–Trinajstić information content (AvgIpc) is 2.75. The van der Waals surface area contributed by atoms with E-state index in [1.54, 1.807) is 0 Å². The molecule has 9 heteroatoms. The lowest BCUT2D eigenvalue weighted by Crippen LogP contribution is -2.08. The number of hydrogen-bond donors (Lipinski definition) is 2. The molecule has 4 aromatic rings. The Morgan fingerprint density at radius 2 is 1.72 bits per heavy atom. The zero-order valence-corrected chi connectivity index (χ0v) is 16.6. The lowest BCUT2D eigenvalue weighted by Gasteiger charge is -2.11. The first-order valence-corrected chi connectivity index (χ1v) is 9.63. The summed E-state index contributed by atoms with van der Waals surface area (Å²) in [6.07, 6.45) is 0.562. The van der Waals surface area contributed by atoms with Crippen LogP contribution in [0.25, 0.3) is 22.3 Å². The van der Waals surface area contributed by atoms with Gasteiger partial charge in [0.1, 0.15) is 28.8 Å². The van der Waals surface area contributed by atoms with Crippen LogP contribution in [-0.4, -0.2) is 11.5 Å². The SMILES string of the molecule is Nc1ccc2c(=O)cc(-c3cc(F)c(NCCc4ccccc4)c(F)c3)oc2c1[N+](=O)[O-]. The number of nitrogens with zero attached hydrogens (tertiary/aromatic N) is 1. The summed E-state index contributed by atoms with van der Waals surface area (Å²) in [4.78, 5) is 23.1. The maximum Gasteiger partial charge on any atom is 0.334 e. The summed E-state index contributed by atoms with van der Waals surface area (Å²) in [7, 11) is 0. The zero-order chi connectivity index (χ0) is 22.8. The predicted octanol–water partition coefficient (Wildman–Crippen LogP) is 4.88. The summed E-state index contributed by atoms with van der Waals surface area (Å²) in [5.41, 5.74) is 4.53. The van der Waals surface area contributed by atoms with Gasteiger partial charge in [0.2, 0.25) is 5.58 Å². The summed E-state index contributed by atoms with van der Waals surface area (Å²) in [5.74, 6) is -2.00. The third kappa shape index (κ3) is 4.00. The molecule has 0 saturated carbocycles. The van der Waals surface area contributed by atoms with Crippen molar-refractivity contribution in [1.29, 1.82) is 0 Å². The second kappa shape index (κ2) is 8.46. The topological polar surface area (TPSA) is 111 Å². The van der Waals surface area contributed by atoms with Crippen molar-refractivity contribution < 1.29 is 18.1 Å². The van der Waals surface area contributed by atoms with Gasteiger partial charge < -0.3 is 15.5 Å². The van der Waals surface area contributed by atoms with Crippen molar-refractivity contribution in [3.05, 3.63) is 98.2 Å². The van der Waals surface area contributed by atoms with Crippen LogP contribution in [-0.2, 0) is 6.42 Å². The van der Waals surface area contributed by atoms with Crippen LogP contribution in [0.3, 0.4) is 0 Å². The number of nitro groups is 1. The fourth-order valence-electron chi connectivity index (χ4n) is 3.41. The van der Waals surface area contributed by atoms with Crippen LogP contribution in [0.5, 0.6) is 0 Å². The summed E-state index contributed by atoms with van der Waals surface area (Å²) >= 11 is 0. The zero-order valence-electron chi connectivity index (χ0n) is 16.6. The number of anilines is 2. The Morgan fingerprint density at radius 3 is 2.38 bits per heavy atom. The van der Waals surface area contributed by atoms with Crippen molar-refractivity contribution in [2.45, 2.75) is 6.42 Å². The highest BCUT2D eigenvalue weighted by Gasteiger charge is 2.22. The maximum absolute atomic E-state index is 14.7. The predicted molar refractivity (Wildman–Crippen MR) is 118 cm³/mol. The number of nitrogen functional groups attached to an aromatic ring is 1. The van der Waals surface area contributed by atoms with E-state index in [-0.39, 0.29) is 33.7 Å². The Hall–Kier alpha value is -4.27. The van der Waals surface area contributed by atoms with Crippen LogP contribution in [0, 0.1) is 21.7 Å². The molecule has 1 aromatic heterocycles. The van der Waals surface area contributed by atoms with Crippen molar-refractivity contribution in [1.82, 2.24) is 0 Å². The summed E-state index contributed by atoms with van der Waals surface area (Å²) in [6, 6.07) is 15.0. The van der Waals surface area contributed by atoms with Crippen molar-refractivity contribution in [3.63, 3.8) is 0 Å². The average molecular weight is 437 g/mol. The Kier molecular flexibility index (Phi) is 5.55. The van der Waals surface area contributed by atoms with Crippen molar-refractivity contribution in [2.75, 3.05) is 17.6 Å². The molecular weight excluding hydrogens is 420 g/mol. The molecule has 0 aliphatic rings. The van der Waals surface area contributed by atoms with E-state index in [0.717, 1.165) is 23.8 Å². The minimum absolute atomic E-state index is 0.0604. The highest BCUT2D eigenvalue weighted by molar-refractivity contribution is 5.92. The Morgan fingerprint density at radius 1 is 1.03 bits per heavy atom. The largest absolute Gasteiger partial charge is 0.448 e. The van der Waals surface area contributed by atoms with E-state index in [1.165, 1.54) is 12.1 Å². The van der Waals surface area contributed by atoms with E-state index in [1.807, 2.05) is 30.3 Å². The smallest absolute Gasteiger partial charge is 0.334 e. The molecule has 0 atom stereocenters. The molecule has 7 nitrogen and oxygen atoms in total. The monoisotopic (exact) mass is 437 g/mol. The molecule has 0 aliphatic heterocycles. The molecule has 0 spiro atoms. The molecule has 0 unspecified atom stereocenters. The fraction of sp³-hybridized carbons (Fsp3) is 0.0870. The van der Waals surface area contributed by atoms with E-state index >= 15 is 0 Å². The molecule has 0 bridgehead atoms. The Bertz CT molecular complexity index is 1360. The molecule has 3 N–H and O–H groups in total. The number of nitrogens with one attached hydrogen (secondary N) is 1. The Balaban J connectivity index is 1.69.